The molecule has 0 aliphatic carbocycles. The molecule has 1 unspecified atom stereocenters. The normalized spacial score (nSPS) is 17.1. The summed E-state index contributed by atoms with van der Waals surface area (Å²) in [4.78, 5) is 1.30. The van der Waals surface area contributed by atoms with Crippen molar-refractivity contribution in [2.75, 3.05) is 24.7 Å². The van der Waals surface area contributed by atoms with Gasteiger partial charge in [-0.15, -0.1) is 11.8 Å². The smallest absolute Gasteiger partial charge is 0.122 e. The minimum absolute atomic E-state index is 0.528. The van der Waals surface area contributed by atoms with Crippen LogP contribution < -0.4 is 10.1 Å². The van der Waals surface area contributed by atoms with Gasteiger partial charge in [0.2, 0.25) is 0 Å². The van der Waals surface area contributed by atoms with Crippen LogP contribution in [-0.4, -0.2) is 19.4 Å². The van der Waals surface area contributed by atoms with Gasteiger partial charge in [0.25, 0.3) is 0 Å². The Hall–Kier alpha value is -1.61. The van der Waals surface area contributed by atoms with E-state index in [0.29, 0.717) is 5.92 Å². The maximum absolute atomic E-state index is 5.71. The summed E-state index contributed by atoms with van der Waals surface area (Å²) >= 11 is 1.77. The molecule has 0 saturated heterocycles. The topological polar surface area (TPSA) is 21.3 Å². The molecule has 2 aromatic rings. The average Bonchev–Trinajstić information content (AvgIpc) is 2.53. The molecule has 3 heteroatoms. The zero-order valence-corrected chi connectivity index (χ0v) is 12.5. The van der Waals surface area contributed by atoms with E-state index in [4.69, 9.17) is 4.74 Å². The van der Waals surface area contributed by atoms with Gasteiger partial charge in [0.05, 0.1) is 6.61 Å². The van der Waals surface area contributed by atoms with Gasteiger partial charge in [-0.05, 0) is 48.6 Å². The lowest BCUT2D eigenvalue weighted by Crippen LogP contribution is -2.20. The van der Waals surface area contributed by atoms with Gasteiger partial charge in [-0.1, -0.05) is 18.2 Å². The molecule has 0 amide bonds. The van der Waals surface area contributed by atoms with Crippen molar-refractivity contribution in [3.63, 3.8) is 0 Å². The molecule has 2 nitrogen and oxygen atoms in total. The van der Waals surface area contributed by atoms with Crippen LogP contribution in [0, 0.1) is 0 Å². The molecule has 20 heavy (non-hydrogen) atoms. The molecule has 1 aliphatic heterocycles. The summed E-state index contributed by atoms with van der Waals surface area (Å²) in [6, 6.07) is 17.0. The SMILES string of the molecule is CSc1ccc(NCC2CCOc3ccccc32)cc1. The van der Waals surface area contributed by atoms with Gasteiger partial charge in [-0.3, -0.25) is 0 Å². The number of thioether (sulfide) groups is 1. The summed E-state index contributed by atoms with van der Waals surface area (Å²) in [5.41, 5.74) is 2.51. The first-order valence-electron chi connectivity index (χ1n) is 6.96. The molecule has 0 aromatic heterocycles. The fourth-order valence-corrected chi connectivity index (χ4v) is 2.99. The molecule has 1 heterocycles. The van der Waals surface area contributed by atoms with Crippen molar-refractivity contribution < 1.29 is 4.74 Å². The first-order chi connectivity index (χ1) is 9.86. The molecule has 0 radical (unpaired) electrons. The summed E-state index contributed by atoms with van der Waals surface area (Å²) in [5, 5.41) is 3.54. The van der Waals surface area contributed by atoms with E-state index in [-0.39, 0.29) is 0 Å². The highest BCUT2D eigenvalue weighted by molar-refractivity contribution is 7.98. The lowest BCUT2D eigenvalue weighted by Gasteiger charge is -2.26. The number of hydrogen-bond acceptors (Lipinski definition) is 3. The molecule has 1 N–H and O–H groups in total. The standard InChI is InChI=1S/C17H19NOS/c1-20-15-8-6-14(7-9-15)18-12-13-10-11-19-17-5-3-2-4-16(13)17/h2-9,13,18H,10-12H2,1H3. The summed E-state index contributed by atoms with van der Waals surface area (Å²) in [5.74, 6) is 1.57. The van der Waals surface area contributed by atoms with Gasteiger partial charge in [-0.25, -0.2) is 0 Å². The monoisotopic (exact) mass is 285 g/mol. The first kappa shape index (κ1) is 13.4. The number of benzene rings is 2. The van der Waals surface area contributed by atoms with Crippen LogP contribution in [0.2, 0.25) is 0 Å². The summed E-state index contributed by atoms with van der Waals surface area (Å²) in [7, 11) is 0. The lowest BCUT2D eigenvalue weighted by molar-refractivity contribution is 0.270. The second kappa shape index (κ2) is 6.23. The zero-order valence-electron chi connectivity index (χ0n) is 11.6. The number of para-hydroxylation sites is 1. The Morgan fingerprint density at radius 3 is 2.75 bits per heavy atom. The minimum atomic E-state index is 0.528. The molecule has 0 spiro atoms. The van der Waals surface area contributed by atoms with E-state index >= 15 is 0 Å². The van der Waals surface area contributed by atoms with Crippen molar-refractivity contribution in [3.8, 4) is 5.75 Å². The van der Waals surface area contributed by atoms with Crippen LogP contribution in [0.4, 0.5) is 5.69 Å². The van der Waals surface area contributed by atoms with Crippen LogP contribution in [0.25, 0.3) is 0 Å². The first-order valence-corrected chi connectivity index (χ1v) is 8.19. The molecule has 0 saturated carbocycles. The van der Waals surface area contributed by atoms with Gasteiger partial charge in [0.15, 0.2) is 0 Å². The van der Waals surface area contributed by atoms with E-state index in [1.54, 1.807) is 11.8 Å². The number of anilines is 1. The van der Waals surface area contributed by atoms with Crippen molar-refractivity contribution in [2.24, 2.45) is 0 Å². The minimum Gasteiger partial charge on any atom is -0.493 e. The summed E-state index contributed by atoms with van der Waals surface area (Å²) in [6.07, 6.45) is 3.17. The van der Waals surface area contributed by atoms with Gasteiger partial charge >= 0.3 is 0 Å². The quantitative estimate of drug-likeness (QED) is 0.842. The Morgan fingerprint density at radius 1 is 1.15 bits per heavy atom. The van der Waals surface area contributed by atoms with Gasteiger partial charge < -0.3 is 10.1 Å². The number of nitrogens with one attached hydrogen (secondary N) is 1. The molecule has 2 aromatic carbocycles. The third-order valence-corrected chi connectivity index (χ3v) is 4.47. The Bertz CT molecular complexity index is 567. The highest BCUT2D eigenvalue weighted by atomic mass is 32.2. The fourth-order valence-electron chi connectivity index (χ4n) is 2.58. The number of hydrogen-bond donors (Lipinski definition) is 1. The Labute approximate surface area is 124 Å². The van der Waals surface area contributed by atoms with Crippen molar-refractivity contribution >= 4 is 17.4 Å². The van der Waals surface area contributed by atoms with E-state index in [9.17, 15) is 0 Å². The summed E-state index contributed by atoms with van der Waals surface area (Å²) in [6.45, 7) is 1.77. The van der Waals surface area contributed by atoms with Crippen LogP contribution in [0.1, 0.15) is 17.9 Å². The van der Waals surface area contributed by atoms with Crippen molar-refractivity contribution in [2.45, 2.75) is 17.2 Å². The predicted octanol–water partition coefficient (Wildman–Crippen LogP) is 4.39. The van der Waals surface area contributed by atoms with E-state index in [0.717, 1.165) is 25.3 Å². The van der Waals surface area contributed by atoms with Crippen molar-refractivity contribution in [1.29, 1.82) is 0 Å². The molecule has 0 bridgehead atoms. The largest absolute Gasteiger partial charge is 0.493 e. The van der Waals surface area contributed by atoms with Crippen molar-refractivity contribution in [1.82, 2.24) is 0 Å². The third-order valence-electron chi connectivity index (χ3n) is 3.73. The molecular weight excluding hydrogens is 266 g/mol. The Morgan fingerprint density at radius 2 is 1.95 bits per heavy atom. The molecule has 104 valence electrons. The third kappa shape index (κ3) is 2.93. The number of fused-ring (bicyclic) bond motifs is 1. The lowest BCUT2D eigenvalue weighted by atomic mass is 9.93. The highest BCUT2D eigenvalue weighted by Gasteiger charge is 2.20. The van der Waals surface area contributed by atoms with Crippen LogP contribution in [0.5, 0.6) is 5.75 Å². The van der Waals surface area contributed by atoms with Gasteiger partial charge in [-0.2, -0.15) is 0 Å². The maximum Gasteiger partial charge on any atom is 0.122 e. The molecule has 0 fully saturated rings. The highest BCUT2D eigenvalue weighted by Crippen LogP contribution is 2.33. The van der Waals surface area contributed by atoms with Crippen LogP contribution >= 0.6 is 11.8 Å². The predicted molar refractivity (Wildman–Crippen MR) is 86.0 cm³/mol. The molecule has 3 rings (SSSR count). The summed E-state index contributed by atoms with van der Waals surface area (Å²) < 4.78 is 5.71. The van der Waals surface area contributed by atoms with Gasteiger partial charge in [0.1, 0.15) is 5.75 Å². The fraction of sp³-hybridized carbons (Fsp3) is 0.294. The second-order valence-electron chi connectivity index (χ2n) is 4.98. The van der Waals surface area contributed by atoms with Crippen molar-refractivity contribution in [3.05, 3.63) is 54.1 Å². The van der Waals surface area contributed by atoms with Crippen LogP contribution in [0.3, 0.4) is 0 Å². The zero-order chi connectivity index (χ0) is 13.8. The van der Waals surface area contributed by atoms with Crippen LogP contribution in [-0.2, 0) is 0 Å². The van der Waals surface area contributed by atoms with E-state index in [1.165, 1.54) is 16.1 Å². The Kier molecular flexibility index (Phi) is 4.16. The molecule has 1 atom stereocenters. The Balaban J connectivity index is 1.66. The second-order valence-corrected chi connectivity index (χ2v) is 5.86. The van der Waals surface area contributed by atoms with E-state index in [2.05, 4.69) is 54.0 Å². The number of rotatable bonds is 4. The number of ether oxygens (including phenoxy) is 1. The average molecular weight is 285 g/mol. The molecular formula is C17H19NOS. The maximum atomic E-state index is 5.71. The molecule has 1 aliphatic rings. The van der Waals surface area contributed by atoms with E-state index in [1.807, 2.05) is 6.07 Å². The van der Waals surface area contributed by atoms with Crippen LogP contribution in [0.15, 0.2) is 53.4 Å². The van der Waals surface area contributed by atoms with E-state index < -0.39 is 0 Å². The van der Waals surface area contributed by atoms with Gasteiger partial charge in [0, 0.05) is 23.0 Å².